The Labute approximate surface area is 153 Å². The highest BCUT2D eigenvalue weighted by atomic mass is 16.4. The van der Waals surface area contributed by atoms with Crippen LogP contribution >= 0.6 is 0 Å². The molecule has 0 radical (unpaired) electrons. The van der Waals surface area contributed by atoms with Gasteiger partial charge in [-0.3, -0.25) is 9.59 Å². The summed E-state index contributed by atoms with van der Waals surface area (Å²) in [7, 11) is 0. The highest BCUT2D eigenvalue weighted by Crippen LogP contribution is 2.65. The maximum absolute atomic E-state index is 13.3. The predicted molar refractivity (Wildman–Crippen MR) is 95.0 cm³/mol. The Kier molecular flexibility index (Phi) is 3.89. The topological polar surface area (TPSA) is 94.8 Å². The Morgan fingerprint density at radius 2 is 2.04 bits per heavy atom. The van der Waals surface area contributed by atoms with E-state index in [9.17, 15) is 24.9 Å². The minimum absolute atomic E-state index is 0.0848. The lowest BCUT2D eigenvalue weighted by Gasteiger charge is -2.56. The van der Waals surface area contributed by atoms with Crippen LogP contribution in [0.5, 0.6) is 0 Å². The maximum Gasteiger partial charge on any atom is 0.159 e. The van der Waals surface area contributed by atoms with Gasteiger partial charge in [-0.1, -0.05) is 31.6 Å². The minimum atomic E-state index is -1.43. The normalized spacial score (nSPS) is 48.5. The second-order valence-corrected chi connectivity index (χ2v) is 9.19. The second-order valence-electron chi connectivity index (χ2n) is 9.19. The van der Waals surface area contributed by atoms with Crippen LogP contribution in [0.15, 0.2) is 23.8 Å². The molecule has 0 aliphatic heterocycles. The summed E-state index contributed by atoms with van der Waals surface area (Å²) >= 11 is 0. The fourth-order valence-electron chi connectivity index (χ4n) is 6.68. The van der Waals surface area contributed by atoms with Gasteiger partial charge in [0.25, 0.3) is 0 Å². The van der Waals surface area contributed by atoms with Crippen molar-refractivity contribution in [1.82, 2.24) is 0 Å². The number of allylic oxidation sites excluding steroid dienone is 4. The molecule has 0 amide bonds. The average molecular weight is 360 g/mol. The van der Waals surface area contributed by atoms with Gasteiger partial charge in [0, 0.05) is 29.6 Å². The molecule has 0 bridgehead atoms. The molecule has 3 N–H and O–H groups in total. The first-order valence-electron chi connectivity index (χ1n) is 9.63. The molecule has 2 saturated carbocycles. The smallest absolute Gasteiger partial charge is 0.159 e. The summed E-state index contributed by atoms with van der Waals surface area (Å²) in [5.74, 6) is 0.205. The molecule has 4 aliphatic rings. The lowest BCUT2D eigenvalue weighted by molar-refractivity contribution is -0.184. The molecular weight excluding hydrogens is 332 g/mol. The number of carbonyl (C=O) groups is 2. The van der Waals surface area contributed by atoms with Gasteiger partial charge in [-0.15, -0.1) is 0 Å². The number of rotatable bonds is 2. The van der Waals surface area contributed by atoms with Crippen LogP contribution in [0.25, 0.3) is 0 Å². The SMILES string of the molecule is C[C@]12C=CC(=O)CC1=CC[C@@H]1[C@@H]2C(=O)C[C@@]2(C)[C@H]1CC[C@]2(O)C(O)CO. The van der Waals surface area contributed by atoms with E-state index >= 15 is 0 Å². The van der Waals surface area contributed by atoms with Crippen LogP contribution in [0.4, 0.5) is 0 Å². The minimum Gasteiger partial charge on any atom is -0.394 e. The summed E-state index contributed by atoms with van der Waals surface area (Å²) < 4.78 is 0. The Morgan fingerprint density at radius 1 is 1.31 bits per heavy atom. The quantitative estimate of drug-likeness (QED) is 0.650. The van der Waals surface area contributed by atoms with Crippen LogP contribution in [0, 0.1) is 28.6 Å². The zero-order valence-corrected chi connectivity index (χ0v) is 15.4. The molecule has 0 heterocycles. The van der Waals surface area contributed by atoms with Crippen LogP contribution in [0.1, 0.15) is 46.0 Å². The number of fused-ring (bicyclic) bond motifs is 5. The molecule has 2 fully saturated rings. The third kappa shape index (κ3) is 2.08. The van der Waals surface area contributed by atoms with Crippen molar-refractivity contribution < 1.29 is 24.9 Å². The molecular formula is C21H28O5. The molecule has 0 aromatic carbocycles. The summed E-state index contributed by atoms with van der Waals surface area (Å²) in [6.45, 7) is 3.45. The summed E-state index contributed by atoms with van der Waals surface area (Å²) in [4.78, 5) is 25.1. The number of Topliss-reactive ketones (excluding diaryl/α,β-unsaturated/α-hetero) is 1. The van der Waals surface area contributed by atoms with Crippen molar-refractivity contribution in [3.63, 3.8) is 0 Å². The summed E-state index contributed by atoms with van der Waals surface area (Å²) in [5, 5.41) is 31.0. The van der Waals surface area contributed by atoms with Crippen molar-refractivity contribution in [3.05, 3.63) is 23.8 Å². The largest absolute Gasteiger partial charge is 0.394 e. The zero-order chi connectivity index (χ0) is 18.9. The molecule has 1 unspecified atom stereocenters. The molecule has 4 rings (SSSR count). The third-order valence-electron chi connectivity index (χ3n) is 8.16. The third-order valence-corrected chi connectivity index (χ3v) is 8.16. The van der Waals surface area contributed by atoms with E-state index in [1.165, 1.54) is 0 Å². The van der Waals surface area contributed by atoms with Crippen LogP contribution in [-0.2, 0) is 9.59 Å². The first-order valence-corrected chi connectivity index (χ1v) is 9.63. The summed E-state index contributed by atoms with van der Waals surface area (Å²) in [6, 6.07) is 0. The van der Waals surface area contributed by atoms with Crippen molar-refractivity contribution >= 4 is 11.6 Å². The van der Waals surface area contributed by atoms with Gasteiger partial charge >= 0.3 is 0 Å². The Morgan fingerprint density at radius 3 is 2.73 bits per heavy atom. The number of ketones is 2. The van der Waals surface area contributed by atoms with Gasteiger partial charge in [-0.05, 0) is 37.2 Å². The van der Waals surface area contributed by atoms with Crippen LogP contribution in [0.3, 0.4) is 0 Å². The Bertz CT molecular complexity index is 724. The predicted octanol–water partition coefficient (Wildman–Crippen LogP) is 1.56. The van der Waals surface area contributed by atoms with Crippen molar-refractivity contribution in [3.8, 4) is 0 Å². The second kappa shape index (κ2) is 5.60. The van der Waals surface area contributed by atoms with Crippen molar-refractivity contribution in [2.75, 3.05) is 6.61 Å². The average Bonchev–Trinajstić information content (AvgIpc) is 2.86. The lowest BCUT2D eigenvalue weighted by Crippen LogP contribution is -2.61. The zero-order valence-electron chi connectivity index (χ0n) is 15.4. The van der Waals surface area contributed by atoms with E-state index in [1.54, 1.807) is 6.08 Å². The summed E-state index contributed by atoms with van der Waals surface area (Å²) in [5.41, 5.74) is -1.54. The van der Waals surface area contributed by atoms with Gasteiger partial charge < -0.3 is 15.3 Å². The van der Waals surface area contributed by atoms with Gasteiger partial charge in [0.15, 0.2) is 5.78 Å². The van der Waals surface area contributed by atoms with Gasteiger partial charge in [0.1, 0.15) is 11.9 Å². The van der Waals surface area contributed by atoms with Crippen molar-refractivity contribution in [2.45, 2.75) is 57.7 Å². The summed E-state index contributed by atoms with van der Waals surface area (Å²) in [6.07, 6.45) is 6.87. The highest BCUT2D eigenvalue weighted by molar-refractivity contribution is 5.95. The first kappa shape index (κ1) is 18.1. The van der Waals surface area contributed by atoms with Crippen molar-refractivity contribution in [1.29, 1.82) is 0 Å². The fraction of sp³-hybridized carbons (Fsp3) is 0.714. The molecule has 7 atom stereocenters. The van der Waals surface area contributed by atoms with Crippen LogP contribution < -0.4 is 0 Å². The van der Waals surface area contributed by atoms with Gasteiger partial charge in [-0.25, -0.2) is 0 Å². The van der Waals surface area contributed by atoms with Crippen molar-refractivity contribution in [2.24, 2.45) is 28.6 Å². The number of aliphatic hydroxyl groups excluding tert-OH is 2. The molecule has 26 heavy (non-hydrogen) atoms. The molecule has 0 saturated heterocycles. The molecule has 0 spiro atoms. The Hall–Kier alpha value is -1.30. The van der Waals surface area contributed by atoms with Crippen LogP contribution in [-0.4, -0.2) is 45.2 Å². The maximum atomic E-state index is 13.3. The molecule has 5 heteroatoms. The van der Waals surface area contributed by atoms with E-state index in [0.29, 0.717) is 12.8 Å². The Balaban J connectivity index is 1.76. The van der Waals surface area contributed by atoms with E-state index in [0.717, 1.165) is 18.4 Å². The van der Waals surface area contributed by atoms with Gasteiger partial charge in [-0.2, -0.15) is 0 Å². The van der Waals surface area contributed by atoms with E-state index in [4.69, 9.17) is 0 Å². The molecule has 4 aliphatic carbocycles. The highest BCUT2D eigenvalue weighted by Gasteiger charge is 2.67. The van der Waals surface area contributed by atoms with E-state index in [2.05, 4.69) is 13.0 Å². The molecule has 5 nitrogen and oxygen atoms in total. The molecule has 142 valence electrons. The standard InChI is InChI=1S/C21H28O5/c1-19-7-5-13(23)9-12(19)3-4-14-15-6-8-21(26,17(25)11-22)20(15,2)10-16(24)18(14)19/h3,5,7,14-15,17-18,22,25-26H,4,6,8-11H2,1-2H3/t14-,15-,17?,18+,19-,20-,21-/m0/s1. The molecule has 0 aromatic heterocycles. The number of carbonyl (C=O) groups excluding carboxylic acids is 2. The van der Waals surface area contributed by atoms with Crippen LogP contribution in [0.2, 0.25) is 0 Å². The van der Waals surface area contributed by atoms with E-state index in [-0.39, 0.29) is 35.7 Å². The lowest BCUT2D eigenvalue weighted by atomic mass is 9.47. The van der Waals surface area contributed by atoms with Gasteiger partial charge in [0.05, 0.1) is 12.2 Å². The fourth-order valence-corrected chi connectivity index (χ4v) is 6.68. The molecule has 0 aromatic rings. The number of aliphatic hydroxyl groups is 3. The van der Waals surface area contributed by atoms with E-state index in [1.807, 2.05) is 13.0 Å². The van der Waals surface area contributed by atoms with E-state index < -0.39 is 29.1 Å². The first-order chi connectivity index (χ1) is 12.2. The number of hydrogen-bond donors (Lipinski definition) is 3. The number of hydrogen-bond acceptors (Lipinski definition) is 5. The monoisotopic (exact) mass is 360 g/mol. The van der Waals surface area contributed by atoms with Gasteiger partial charge in [0.2, 0.25) is 0 Å².